The quantitative estimate of drug-likeness (QED) is 0.595. The highest BCUT2D eigenvalue weighted by Gasteiger charge is 2.23. The molecule has 27 heavy (non-hydrogen) atoms. The summed E-state index contributed by atoms with van der Waals surface area (Å²) in [5, 5.41) is 0.885. The number of halogens is 1. The molecule has 3 aromatic rings. The van der Waals surface area contributed by atoms with Gasteiger partial charge in [0.05, 0.1) is 18.3 Å². The average molecular weight is 428 g/mol. The zero-order valence-electron chi connectivity index (χ0n) is 15.0. The fraction of sp³-hybridized carbons (Fsp3) is 0.263. The van der Waals surface area contributed by atoms with Crippen LogP contribution in [0.1, 0.15) is 11.3 Å². The molecule has 3 heterocycles. The first-order chi connectivity index (χ1) is 13.1. The number of aromatic nitrogens is 3. The third-order valence-electron chi connectivity index (χ3n) is 4.63. The lowest BCUT2D eigenvalue weighted by Crippen LogP contribution is -2.28. The summed E-state index contributed by atoms with van der Waals surface area (Å²) >= 11 is 3.50. The minimum atomic E-state index is 0.272. The van der Waals surface area contributed by atoms with Crippen LogP contribution in [0.25, 0.3) is 10.9 Å². The summed E-state index contributed by atoms with van der Waals surface area (Å²) in [4.78, 5) is 29.1. The molecule has 0 fully saturated rings. The molecule has 1 aromatic carbocycles. The van der Waals surface area contributed by atoms with E-state index in [1.165, 1.54) is 4.90 Å². The molecule has 1 aliphatic heterocycles. The van der Waals surface area contributed by atoms with Crippen molar-refractivity contribution < 1.29 is 9.53 Å². The van der Waals surface area contributed by atoms with Crippen molar-refractivity contribution in [3.05, 3.63) is 46.2 Å². The summed E-state index contributed by atoms with van der Waals surface area (Å²) in [5.41, 5.74) is 3.35. The van der Waals surface area contributed by atoms with E-state index >= 15 is 0 Å². The average Bonchev–Trinajstić information content (AvgIpc) is 2.68. The van der Waals surface area contributed by atoms with Gasteiger partial charge in [0.2, 0.25) is 18.2 Å². The van der Waals surface area contributed by atoms with Gasteiger partial charge in [-0.25, -0.2) is 19.9 Å². The molecule has 0 saturated heterocycles. The highest BCUT2D eigenvalue weighted by molar-refractivity contribution is 9.10. The topological polar surface area (TPSA) is 71.5 Å². The van der Waals surface area contributed by atoms with Crippen LogP contribution >= 0.6 is 15.9 Å². The lowest BCUT2D eigenvalue weighted by Gasteiger charge is -2.26. The number of hydrogen-bond acceptors (Lipinski definition) is 6. The Hall–Kier alpha value is -2.58. The molecule has 7 nitrogen and oxygen atoms in total. The molecule has 0 atom stereocenters. The third-order valence-corrected chi connectivity index (χ3v) is 5.27. The fourth-order valence-corrected chi connectivity index (χ4v) is 3.71. The zero-order valence-corrected chi connectivity index (χ0v) is 16.6. The Kier molecular flexibility index (Phi) is 4.75. The van der Waals surface area contributed by atoms with Gasteiger partial charge in [0.25, 0.3) is 0 Å². The van der Waals surface area contributed by atoms with Gasteiger partial charge in [-0.05, 0) is 40.7 Å². The molecule has 8 heteroatoms. The molecule has 4 rings (SSSR count). The molecule has 0 bridgehead atoms. The molecule has 1 aliphatic rings. The van der Waals surface area contributed by atoms with Gasteiger partial charge in [-0.15, -0.1) is 0 Å². The van der Waals surface area contributed by atoms with E-state index < -0.39 is 0 Å². The van der Waals surface area contributed by atoms with Crippen LogP contribution in [0.2, 0.25) is 0 Å². The molecular formula is C19H18BrN5O2. The van der Waals surface area contributed by atoms with E-state index in [0.29, 0.717) is 18.0 Å². The maximum absolute atomic E-state index is 12.0. The van der Waals surface area contributed by atoms with E-state index in [1.54, 1.807) is 13.3 Å². The lowest BCUT2D eigenvalue weighted by atomic mass is 10.1. The number of benzene rings is 1. The predicted molar refractivity (Wildman–Crippen MR) is 106 cm³/mol. The molecule has 0 radical (unpaired) electrons. The first-order valence-electron chi connectivity index (χ1n) is 8.52. The smallest absolute Gasteiger partial charge is 0.238 e. The van der Waals surface area contributed by atoms with Gasteiger partial charge >= 0.3 is 0 Å². The van der Waals surface area contributed by atoms with E-state index in [2.05, 4.69) is 42.8 Å². The Bertz CT molecular complexity index is 1030. The predicted octanol–water partition coefficient (Wildman–Crippen LogP) is 3.08. The first kappa shape index (κ1) is 17.8. The Balaban J connectivity index is 1.84. The van der Waals surface area contributed by atoms with Crippen molar-refractivity contribution in [1.29, 1.82) is 0 Å². The molecule has 2 aromatic heterocycles. The Morgan fingerprint density at radius 2 is 2.19 bits per heavy atom. The van der Waals surface area contributed by atoms with Crippen LogP contribution < -0.4 is 9.64 Å². The Morgan fingerprint density at radius 1 is 1.33 bits per heavy atom. The van der Waals surface area contributed by atoms with Crippen LogP contribution in [0.5, 0.6) is 5.88 Å². The minimum absolute atomic E-state index is 0.272. The minimum Gasteiger partial charge on any atom is -0.479 e. The van der Waals surface area contributed by atoms with Crippen molar-refractivity contribution in [2.45, 2.75) is 13.0 Å². The summed E-state index contributed by atoms with van der Waals surface area (Å²) in [7, 11) is 3.61. The van der Waals surface area contributed by atoms with E-state index in [4.69, 9.17) is 4.74 Å². The maximum atomic E-state index is 12.0. The molecule has 0 N–H and O–H groups in total. The van der Waals surface area contributed by atoms with E-state index in [-0.39, 0.29) is 5.95 Å². The standard InChI is InChI=1S/C19H18BrN5O2/c1-24-7-6-15-13(10-24)8-16(18(22-15)27-2)25(11-26)19-21-9-12-4-3-5-14(20)17(12)23-19/h3-5,8-9,11H,6-7,10H2,1-2H3. The Morgan fingerprint density at radius 3 is 2.96 bits per heavy atom. The molecule has 138 valence electrons. The van der Waals surface area contributed by atoms with E-state index in [0.717, 1.165) is 46.1 Å². The second-order valence-electron chi connectivity index (χ2n) is 6.43. The second kappa shape index (κ2) is 7.21. The number of carbonyl (C=O) groups is 1. The SMILES string of the molecule is COc1nc2c(cc1N(C=O)c1ncc3cccc(Br)c3n1)CN(C)CC2. The number of amides is 1. The number of nitrogens with zero attached hydrogens (tertiary/aromatic N) is 5. The lowest BCUT2D eigenvalue weighted by molar-refractivity contribution is -0.106. The van der Waals surface area contributed by atoms with Crippen molar-refractivity contribution in [2.75, 3.05) is 25.6 Å². The number of hydrogen-bond donors (Lipinski definition) is 0. The largest absolute Gasteiger partial charge is 0.479 e. The number of methoxy groups -OCH3 is 1. The number of carbonyl (C=O) groups excluding carboxylic acids is 1. The van der Waals surface area contributed by atoms with Gasteiger partial charge in [0, 0.05) is 35.6 Å². The molecule has 0 unspecified atom stereocenters. The van der Waals surface area contributed by atoms with Crippen molar-refractivity contribution in [2.24, 2.45) is 0 Å². The maximum Gasteiger partial charge on any atom is 0.238 e. The highest BCUT2D eigenvalue weighted by atomic mass is 79.9. The number of rotatable bonds is 4. The summed E-state index contributed by atoms with van der Waals surface area (Å²) in [6.07, 6.45) is 3.24. The Labute approximate surface area is 165 Å². The number of ether oxygens (including phenoxy) is 1. The number of para-hydroxylation sites is 1. The third kappa shape index (κ3) is 3.26. The van der Waals surface area contributed by atoms with Gasteiger partial charge in [-0.3, -0.25) is 4.79 Å². The molecule has 0 saturated carbocycles. The van der Waals surface area contributed by atoms with Crippen molar-refractivity contribution >= 4 is 44.9 Å². The summed E-state index contributed by atoms with van der Waals surface area (Å²) in [5.74, 6) is 0.662. The van der Waals surface area contributed by atoms with Gasteiger partial charge in [-0.1, -0.05) is 12.1 Å². The number of anilines is 2. The molecule has 0 aliphatic carbocycles. The van der Waals surface area contributed by atoms with Crippen LogP contribution in [0, 0.1) is 0 Å². The fourth-order valence-electron chi connectivity index (χ4n) is 3.24. The van der Waals surface area contributed by atoms with Crippen LogP contribution in [0.15, 0.2) is 34.9 Å². The van der Waals surface area contributed by atoms with E-state index in [1.807, 2.05) is 24.3 Å². The van der Waals surface area contributed by atoms with Crippen LogP contribution in [-0.4, -0.2) is 47.0 Å². The van der Waals surface area contributed by atoms with Crippen molar-refractivity contribution in [3.63, 3.8) is 0 Å². The van der Waals surface area contributed by atoms with Gasteiger partial charge < -0.3 is 9.64 Å². The monoisotopic (exact) mass is 427 g/mol. The molecule has 0 spiro atoms. The second-order valence-corrected chi connectivity index (χ2v) is 7.29. The molecular weight excluding hydrogens is 410 g/mol. The van der Waals surface area contributed by atoms with Crippen LogP contribution in [0.4, 0.5) is 11.6 Å². The number of likely N-dealkylation sites (N-methyl/N-ethyl adjacent to an activating group) is 1. The highest BCUT2D eigenvalue weighted by Crippen LogP contribution is 2.34. The number of pyridine rings is 1. The molecule has 1 amide bonds. The zero-order chi connectivity index (χ0) is 19.0. The van der Waals surface area contributed by atoms with Crippen molar-refractivity contribution in [3.8, 4) is 5.88 Å². The van der Waals surface area contributed by atoms with Gasteiger partial charge in [0.15, 0.2) is 0 Å². The first-order valence-corrected chi connectivity index (χ1v) is 9.31. The van der Waals surface area contributed by atoms with E-state index in [9.17, 15) is 4.79 Å². The van der Waals surface area contributed by atoms with Gasteiger partial charge in [-0.2, -0.15) is 0 Å². The number of fused-ring (bicyclic) bond motifs is 2. The summed E-state index contributed by atoms with van der Waals surface area (Å²) in [6.45, 7) is 1.72. The normalized spacial score (nSPS) is 14.0. The summed E-state index contributed by atoms with van der Waals surface area (Å²) < 4.78 is 6.30. The summed E-state index contributed by atoms with van der Waals surface area (Å²) in [6, 6.07) is 7.69. The van der Waals surface area contributed by atoms with Crippen LogP contribution in [-0.2, 0) is 17.8 Å². The van der Waals surface area contributed by atoms with Crippen molar-refractivity contribution in [1.82, 2.24) is 19.9 Å². The van der Waals surface area contributed by atoms with Gasteiger partial charge in [0.1, 0.15) is 5.69 Å². The van der Waals surface area contributed by atoms with Crippen LogP contribution in [0.3, 0.4) is 0 Å².